The summed E-state index contributed by atoms with van der Waals surface area (Å²) in [6, 6.07) is 125. The minimum Gasteiger partial charge on any atom is -0.310 e. The van der Waals surface area contributed by atoms with E-state index in [0.717, 1.165) is 162 Å². The Morgan fingerprint density at radius 2 is 0.602 bits per heavy atom. The maximum Gasteiger partial charge on any atom is 0.252 e. The lowest BCUT2D eigenvalue weighted by Gasteiger charge is -2.47. The number of aromatic nitrogens is 1. The van der Waals surface area contributed by atoms with Gasteiger partial charge in [0.2, 0.25) is 0 Å². The van der Waals surface area contributed by atoms with Gasteiger partial charge >= 0.3 is 0 Å². The third kappa shape index (κ3) is 13.1. The number of hydrogen-bond donors (Lipinski definition) is 0. The van der Waals surface area contributed by atoms with Crippen LogP contribution in [0.2, 0.25) is 0 Å². The van der Waals surface area contributed by atoms with Gasteiger partial charge in [0.1, 0.15) is 0 Å². The Bertz CT molecular complexity index is 7120. The number of benzene rings is 17. The molecule has 4 heteroatoms. The van der Waals surface area contributed by atoms with Gasteiger partial charge in [-0.25, -0.2) is 0 Å². The van der Waals surface area contributed by atoms with Crippen molar-refractivity contribution in [2.45, 2.75) is 78.6 Å². The molecular formula is C114H92BN3. The molecule has 0 spiro atoms. The van der Waals surface area contributed by atoms with Crippen LogP contribution in [0.4, 0.5) is 34.1 Å². The van der Waals surface area contributed by atoms with Crippen LogP contribution < -0.4 is 26.2 Å². The first-order valence-corrected chi connectivity index (χ1v) is 41.1. The molecule has 0 N–H and O–H groups in total. The highest BCUT2D eigenvalue weighted by Gasteiger charge is 2.47. The van der Waals surface area contributed by atoms with Crippen LogP contribution in [0.1, 0.15) is 88.6 Å². The van der Waals surface area contributed by atoms with E-state index in [4.69, 9.17) is 0 Å². The zero-order valence-corrected chi connectivity index (χ0v) is 67.9. The van der Waals surface area contributed by atoms with Gasteiger partial charge in [0.05, 0.1) is 32.0 Å². The molecule has 0 amide bonds. The van der Waals surface area contributed by atoms with Crippen molar-refractivity contribution in [3.8, 4) is 117 Å². The number of para-hydroxylation sites is 1. The molecule has 17 aromatic carbocycles. The van der Waals surface area contributed by atoms with Crippen molar-refractivity contribution < 1.29 is 9.60 Å². The molecule has 1 aromatic heterocycles. The summed E-state index contributed by atoms with van der Waals surface area (Å²) in [7, 11) is 0. The third-order valence-corrected chi connectivity index (χ3v) is 24.0. The molecule has 0 atom stereocenters. The fraction of sp³-hybridized carbons (Fsp3) is 0.105. The van der Waals surface area contributed by atoms with Gasteiger partial charge in [-0.1, -0.05) is 353 Å². The number of nitrogens with zero attached hydrogens (tertiary/aromatic N) is 3. The summed E-state index contributed by atoms with van der Waals surface area (Å²) in [5.41, 5.74) is 31.2. The summed E-state index contributed by atoms with van der Waals surface area (Å²) in [5, 5.41) is 0.264. The summed E-state index contributed by atoms with van der Waals surface area (Å²) in [6.45, 7) is 20.2. The molecule has 2 aliphatic rings. The highest BCUT2D eigenvalue weighted by Crippen LogP contribution is 2.56. The molecule has 0 aliphatic carbocycles. The Labute approximate surface area is 705 Å². The quantitative estimate of drug-likeness (QED) is 0.107. The van der Waals surface area contributed by atoms with Crippen LogP contribution in [0.3, 0.4) is 0 Å². The van der Waals surface area contributed by atoms with E-state index in [1.165, 1.54) is 5.56 Å². The Kier molecular flexibility index (Phi) is 16.2. The predicted octanol–water partition coefficient (Wildman–Crippen LogP) is 29.4. The van der Waals surface area contributed by atoms with E-state index in [-0.39, 0.29) is 68.4 Å². The predicted molar refractivity (Wildman–Crippen MR) is 505 cm³/mol. The first-order chi connectivity index (χ1) is 60.3. The maximum atomic E-state index is 10.4. The molecule has 3 nitrogen and oxygen atoms in total. The van der Waals surface area contributed by atoms with Crippen LogP contribution >= 0.6 is 0 Å². The van der Waals surface area contributed by atoms with Crippen molar-refractivity contribution in [2.24, 2.45) is 0 Å². The number of hydrogen-bond acceptors (Lipinski definition) is 2. The summed E-state index contributed by atoms with van der Waals surface area (Å²) in [6.07, 6.45) is 0. The van der Waals surface area contributed by atoms with Gasteiger partial charge < -0.3 is 14.4 Å². The van der Waals surface area contributed by atoms with Crippen LogP contribution in [0, 0.1) is 0 Å². The Morgan fingerprint density at radius 3 is 1.06 bits per heavy atom. The van der Waals surface area contributed by atoms with Crippen molar-refractivity contribution in [3.63, 3.8) is 0 Å². The molecule has 2 aliphatic heterocycles. The van der Waals surface area contributed by atoms with Crippen molar-refractivity contribution in [1.82, 2.24) is 4.57 Å². The van der Waals surface area contributed by atoms with Crippen LogP contribution in [0.15, 0.2) is 394 Å². The van der Waals surface area contributed by atoms with E-state index < -0.39 is 24.2 Å². The van der Waals surface area contributed by atoms with E-state index in [0.29, 0.717) is 11.3 Å². The van der Waals surface area contributed by atoms with Crippen LogP contribution in [0.5, 0.6) is 0 Å². The fourth-order valence-corrected chi connectivity index (χ4v) is 17.9. The van der Waals surface area contributed by atoms with Gasteiger partial charge in [0.15, 0.2) is 0 Å². The number of anilines is 6. The van der Waals surface area contributed by atoms with Crippen molar-refractivity contribution in [3.05, 3.63) is 411 Å². The van der Waals surface area contributed by atoms with Crippen LogP contribution in [-0.4, -0.2) is 11.3 Å². The molecule has 0 saturated heterocycles. The lowest BCUT2D eigenvalue weighted by atomic mass is 9.33. The average Bonchev–Trinajstić information content (AvgIpc) is 1.55. The Balaban J connectivity index is 0.985. The summed E-state index contributed by atoms with van der Waals surface area (Å²) < 4.78 is 71.7. The van der Waals surface area contributed by atoms with Gasteiger partial charge in [0.25, 0.3) is 6.71 Å². The number of fused-ring (bicyclic) bond motifs is 7. The molecular weight excluding hydrogens is 1420 g/mol. The molecule has 0 saturated carbocycles. The van der Waals surface area contributed by atoms with Crippen LogP contribution in [0.25, 0.3) is 139 Å². The van der Waals surface area contributed by atoms with E-state index in [2.05, 4.69) is 388 Å². The highest BCUT2D eigenvalue weighted by atomic mass is 15.2. The zero-order chi connectivity index (χ0) is 86.2. The molecule has 20 rings (SSSR count). The normalized spacial score (nSPS) is 13.4. The minimum atomic E-state index is -0.556. The van der Waals surface area contributed by atoms with Gasteiger partial charge in [-0.3, -0.25) is 0 Å². The smallest absolute Gasteiger partial charge is 0.252 e. The summed E-state index contributed by atoms with van der Waals surface area (Å²) in [4.78, 5) is 5.16. The molecule has 18 aromatic rings. The monoisotopic (exact) mass is 1520 g/mol. The van der Waals surface area contributed by atoms with Gasteiger partial charge in [-0.2, -0.15) is 0 Å². The molecule has 0 radical (unpaired) electrons. The number of rotatable bonds is 13. The third-order valence-electron chi connectivity index (χ3n) is 24.0. The average molecular weight is 1520 g/mol. The van der Waals surface area contributed by atoms with Gasteiger partial charge in [-0.05, 0) is 241 Å². The highest BCUT2D eigenvalue weighted by molar-refractivity contribution is 7.00. The zero-order valence-electron chi connectivity index (χ0n) is 74.9. The second-order valence-electron chi connectivity index (χ2n) is 34.7. The molecule has 3 heterocycles. The van der Waals surface area contributed by atoms with E-state index >= 15 is 0 Å². The first kappa shape index (κ1) is 65.5. The van der Waals surface area contributed by atoms with Crippen molar-refractivity contribution in [2.75, 3.05) is 9.80 Å². The minimum absolute atomic E-state index is 0.102. The summed E-state index contributed by atoms with van der Waals surface area (Å²) in [5.74, 6) is 0. The molecule has 0 fully saturated rings. The largest absolute Gasteiger partial charge is 0.310 e. The van der Waals surface area contributed by atoms with Gasteiger partial charge in [0, 0.05) is 61.5 Å². The summed E-state index contributed by atoms with van der Waals surface area (Å²) >= 11 is 0. The second-order valence-corrected chi connectivity index (χ2v) is 34.7. The Hall–Kier alpha value is -13.8. The van der Waals surface area contributed by atoms with E-state index in [1.54, 1.807) is 4.57 Å². The first-order valence-electron chi connectivity index (χ1n) is 44.6. The van der Waals surface area contributed by atoms with Crippen molar-refractivity contribution in [1.29, 1.82) is 0 Å². The standard InChI is InChI=1S/C114H92BN3/c1-112(2,3)91-68-96(80-45-27-15-28-46-80)110(97(69-91)81-47-29-16-30-48-81)118-106-74-94(116-103-54-32-31-53-95(103)100-66-84(55-59-104(100)116)77-39-21-12-22-40-77)57-58-101(106)115-102-67-85(90-64-88(78-41-23-13-24-42-78)63-89(65-90)79-43-25-14-26-44-79)56-60-105(102)117(107-72-93(114(7,8)9)73-108(118)109(107)115)111-98(86-51-33-49-82(61-86)75-35-17-10-18-36-75)70-92(113(4,5)6)71-99(111)87-52-34-50-83(62-87)76-37-19-11-20-38-76/h10-74H,1-9H3/i31D,32D,53D,54D,55D,59D,66D. The van der Waals surface area contributed by atoms with Gasteiger partial charge in [-0.15, -0.1) is 0 Å². The molecule has 0 unspecified atom stereocenters. The fourth-order valence-electron chi connectivity index (χ4n) is 17.9. The molecule has 118 heavy (non-hydrogen) atoms. The van der Waals surface area contributed by atoms with E-state index in [9.17, 15) is 9.60 Å². The molecule has 566 valence electrons. The van der Waals surface area contributed by atoms with Crippen molar-refractivity contribution >= 4 is 79.0 Å². The van der Waals surface area contributed by atoms with Crippen LogP contribution in [-0.2, 0) is 16.2 Å². The van der Waals surface area contributed by atoms with E-state index in [1.807, 2.05) is 36.4 Å². The lowest BCUT2D eigenvalue weighted by molar-refractivity contribution is 0.590. The lowest BCUT2D eigenvalue weighted by Crippen LogP contribution is -2.61. The topological polar surface area (TPSA) is 11.4 Å². The molecule has 0 bridgehead atoms. The SMILES string of the molecule is [2H]c1c([2H])c([2H])c2c(c1[2H])c1c([2H])c(-c3ccccc3)c([2H])c([2H])c1n2-c1ccc2c(c1)N(c1c(-c3ccccc3)cc(C(C)(C)C)cc1-c1ccccc1)c1cc(C(C)(C)C)cc3c1B2c1cc(-c2cc(-c4ccccc4)cc(-c4ccccc4)c2)ccc1N3c1c(-c2cccc(-c3ccccc3)c2)cc(C(C)(C)C)cc1-c1cccc(-c2ccccc2)c1. The Morgan fingerprint density at radius 1 is 0.246 bits per heavy atom. The second kappa shape index (κ2) is 29.2. The maximum absolute atomic E-state index is 10.4.